The van der Waals surface area contributed by atoms with E-state index in [1.54, 1.807) is 0 Å². The van der Waals surface area contributed by atoms with Crippen LogP contribution in [0.4, 0.5) is 0 Å². The molecule has 0 aromatic heterocycles. The van der Waals surface area contributed by atoms with Gasteiger partial charge in [0.1, 0.15) is 0 Å². The molecule has 3 atom stereocenters. The van der Waals surface area contributed by atoms with Crippen LogP contribution in [-0.4, -0.2) is 22.0 Å². The van der Waals surface area contributed by atoms with E-state index in [9.17, 15) is 5.11 Å². The van der Waals surface area contributed by atoms with Gasteiger partial charge in [0.15, 0.2) is 0 Å². The van der Waals surface area contributed by atoms with Crippen LogP contribution in [-0.2, 0) is 0 Å². The summed E-state index contributed by atoms with van der Waals surface area (Å²) in [5, 5.41) is 8.78. The Balaban J connectivity index is 3.61. The lowest BCUT2D eigenvalue weighted by Crippen LogP contribution is -2.27. The molecule has 0 bridgehead atoms. The first-order valence-electron chi connectivity index (χ1n) is 5.22. The minimum Gasteiger partial charge on any atom is -0.387 e. The van der Waals surface area contributed by atoms with Crippen molar-refractivity contribution in [2.24, 2.45) is 0 Å². The second-order valence-corrected chi connectivity index (χ2v) is 4.60. The van der Waals surface area contributed by atoms with Crippen molar-refractivity contribution in [1.29, 1.82) is 0 Å². The van der Waals surface area contributed by atoms with Gasteiger partial charge in [0, 0.05) is 0 Å². The van der Waals surface area contributed by atoms with Gasteiger partial charge < -0.3 is 5.11 Å². The fourth-order valence-electron chi connectivity index (χ4n) is 1.27. The Hall–Kier alpha value is 0.280. The van der Waals surface area contributed by atoms with E-state index in [1.165, 1.54) is 25.3 Å². The summed E-state index contributed by atoms with van der Waals surface area (Å²) in [6.07, 6.45) is 6.31. The quantitative estimate of drug-likeness (QED) is 0.389. The summed E-state index contributed by atoms with van der Waals surface area (Å²) in [6.45, 7) is 5.65. The first-order valence-corrected chi connectivity index (χ1v) is 6.09. The van der Waals surface area contributed by atoms with Crippen LogP contribution in [0.25, 0.3) is 0 Å². The monoisotopic (exact) mass is 238 g/mol. The van der Waals surface area contributed by atoms with Crippen LogP contribution < -0.4 is 0 Å². The van der Waals surface area contributed by atoms with Crippen molar-refractivity contribution in [1.82, 2.24) is 0 Å². The van der Waals surface area contributed by atoms with Crippen molar-refractivity contribution in [2.45, 2.75) is 55.9 Å². The molecule has 0 aliphatic heterocycles. The van der Waals surface area contributed by atoms with Crippen molar-refractivity contribution >= 4 is 23.2 Å². The average Bonchev–Trinajstić information content (AvgIpc) is 2.21. The largest absolute Gasteiger partial charge is 0.387 e. The maximum absolute atomic E-state index is 9.37. The number of hydrogen-bond acceptors (Lipinski definition) is 1. The van der Waals surface area contributed by atoms with Gasteiger partial charge in [-0.25, -0.2) is 0 Å². The third-order valence-electron chi connectivity index (χ3n) is 2.25. The van der Waals surface area contributed by atoms with E-state index in [0.29, 0.717) is 0 Å². The number of halogens is 2. The molecule has 0 amide bonds. The molecule has 0 heterocycles. The molecule has 0 radical (unpaired) electrons. The van der Waals surface area contributed by atoms with Gasteiger partial charge in [-0.3, -0.25) is 0 Å². The highest BCUT2D eigenvalue weighted by molar-refractivity contribution is 6.30. The predicted molar refractivity (Wildman–Crippen MR) is 64.2 cm³/mol. The molecule has 0 saturated heterocycles. The normalized spacial score (nSPS) is 17.4. The van der Waals surface area contributed by atoms with Gasteiger partial charge in [-0.05, 0) is 6.42 Å². The smallest absolute Gasteiger partial charge is 0.0896 e. The maximum Gasteiger partial charge on any atom is 0.0896 e. The van der Waals surface area contributed by atoms with Crippen LogP contribution in [0.2, 0.25) is 0 Å². The van der Waals surface area contributed by atoms with E-state index in [-0.39, 0.29) is 5.38 Å². The molecule has 1 N–H and O–H groups in total. The Kier molecular flexibility index (Phi) is 8.75. The van der Waals surface area contributed by atoms with E-state index >= 15 is 0 Å². The molecule has 1 nitrogen and oxygen atoms in total. The Morgan fingerprint density at radius 1 is 1.29 bits per heavy atom. The molecule has 14 heavy (non-hydrogen) atoms. The van der Waals surface area contributed by atoms with Crippen LogP contribution in [0.3, 0.4) is 0 Å². The minimum atomic E-state index is -0.703. The van der Waals surface area contributed by atoms with E-state index in [0.717, 1.165) is 12.8 Å². The zero-order valence-corrected chi connectivity index (χ0v) is 10.3. The summed E-state index contributed by atoms with van der Waals surface area (Å²) in [4.78, 5) is 0. The van der Waals surface area contributed by atoms with Crippen LogP contribution in [0.1, 0.15) is 39.0 Å². The molecule has 0 unspecified atom stereocenters. The van der Waals surface area contributed by atoms with E-state index in [1.807, 2.05) is 0 Å². The van der Waals surface area contributed by atoms with Gasteiger partial charge in [-0.15, -0.1) is 29.8 Å². The molecule has 0 aliphatic carbocycles. The number of alkyl halides is 2. The van der Waals surface area contributed by atoms with Crippen molar-refractivity contribution in [3.8, 4) is 0 Å². The molecular weight excluding hydrogens is 219 g/mol. The van der Waals surface area contributed by atoms with Gasteiger partial charge in [-0.1, -0.05) is 38.7 Å². The zero-order valence-electron chi connectivity index (χ0n) is 8.76. The molecule has 0 saturated carbocycles. The topological polar surface area (TPSA) is 20.2 Å². The number of unbranched alkanes of at least 4 members (excludes halogenated alkanes) is 3. The second-order valence-electron chi connectivity index (χ2n) is 3.54. The van der Waals surface area contributed by atoms with Gasteiger partial charge in [-0.2, -0.15) is 0 Å². The van der Waals surface area contributed by atoms with Crippen molar-refractivity contribution in [3.63, 3.8) is 0 Å². The van der Waals surface area contributed by atoms with Crippen LogP contribution in [0, 0.1) is 0 Å². The standard InChI is InChI=1S/C11H20Cl2O/c1-3-5-6-7-8-9(12)11(13)10(14)4-2/h4,9-11,14H,2-3,5-8H2,1H3/t9-,10+,11-/m1/s1. The second kappa shape index (κ2) is 8.58. The van der Waals surface area contributed by atoms with Gasteiger partial charge in [0.25, 0.3) is 0 Å². The number of aliphatic hydroxyl groups is 1. The van der Waals surface area contributed by atoms with Gasteiger partial charge in [0.2, 0.25) is 0 Å². The average molecular weight is 239 g/mol. The number of hydrogen-bond donors (Lipinski definition) is 1. The summed E-state index contributed by atoms with van der Waals surface area (Å²) in [5.74, 6) is 0. The van der Waals surface area contributed by atoms with Crippen LogP contribution in [0.5, 0.6) is 0 Å². The fraction of sp³-hybridized carbons (Fsp3) is 0.818. The highest BCUT2D eigenvalue weighted by Crippen LogP contribution is 2.20. The third kappa shape index (κ3) is 5.90. The molecule has 0 aliphatic rings. The predicted octanol–water partition coefficient (Wildman–Crippen LogP) is 3.72. The molecular formula is C11H20Cl2O. The summed E-state index contributed by atoms with van der Waals surface area (Å²) < 4.78 is 0. The summed E-state index contributed by atoms with van der Waals surface area (Å²) in [6, 6.07) is 0. The lowest BCUT2D eigenvalue weighted by atomic mass is 10.1. The van der Waals surface area contributed by atoms with Gasteiger partial charge in [0.05, 0.1) is 16.9 Å². The van der Waals surface area contributed by atoms with Crippen molar-refractivity contribution in [3.05, 3.63) is 12.7 Å². The lowest BCUT2D eigenvalue weighted by molar-refractivity contribution is 0.213. The minimum absolute atomic E-state index is 0.165. The molecule has 84 valence electrons. The highest BCUT2D eigenvalue weighted by Gasteiger charge is 2.21. The molecule has 0 fully saturated rings. The SMILES string of the molecule is C=C[C@H](O)[C@H](Cl)[C@H](Cl)CCCCCC. The maximum atomic E-state index is 9.37. The first kappa shape index (κ1) is 14.3. The van der Waals surface area contributed by atoms with Crippen molar-refractivity contribution < 1.29 is 5.11 Å². The zero-order chi connectivity index (χ0) is 11.0. The Labute approximate surface area is 97.1 Å². The van der Waals surface area contributed by atoms with Crippen LogP contribution >= 0.6 is 23.2 Å². The lowest BCUT2D eigenvalue weighted by Gasteiger charge is -2.18. The van der Waals surface area contributed by atoms with E-state index in [4.69, 9.17) is 23.2 Å². The Morgan fingerprint density at radius 3 is 2.43 bits per heavy atom. The number of rotatable bonds is 8. The fourth-order valence-corrected chi connectivity index (χ4v) is 1.80. The van der Waals surface area contributed by atoms with E-state index < -0.39 is 11.5 Å². The third-order valence-corrected chi connectivity index (χ3v) is 3.43. The molecule has 0 spiro atoms. The first-order chi connectivity index (χ1) is 6.63. The Bertz CT molecular complexity index is 150. The summed E-state index contributed by atoms with van der Waals surface area (Å²) >= 11 is 12.0. The summed E-state index contributed by atoms with van der Waals surface area (Å²) in [5.41, 5.74) is 0. The molecule has 0 aromatic rings. The van der Waals surface area contributed by atoms with Crippen molar-refractivity contribution in [2.75, 3.05) is 0 Å². The van der Waals surface area contributed by atoms with Gasteiger partial charge >= 0.3 is 0 Å². The van der Waals surface area contributed by atoms with E-state index in [2.05, 4.69) is 13.5 Å². The molecule has 0 aromatic carbocycles. The van der Waals surface area contributed by atoms with Crippen LogP contribution in [0.15, 0.2) is 12.7 Å². The molecule has 3 heteroatoms. The number of aliphatic hydroxyl groups excluding tert-OH is 1. The Morgan fingerprint density at radius 2 is 1.93 bits per heavy atom. The summed E-state index contributed by atoms with van der Waals surface area (Å²) in [7, 11) is 0. The molecule has 0 rings (SSSR count). The highest BCUT2D eigenvalue weighted by atomic mass is 35.5.